The Labute approximate surface area is 138 Å². The Balaban J connectivity index is 2.06. The van der Waals surface area contributed by atoms with E-state index in [0.717, 1.165) is 5.56 Å². The Morgan fingerprint density at radius 2 is 1.91 bits per heavy atom. The molecule has 6 heteroatoms. The van der Waals surface area contributed by atoms with Crippen LogP contribution in [0.5, 0.6) is 0 Å². The highest BCUT2D eigenvalue weighted by Crippen LogP contribution is 2.19. The first kappa shape index (κ1) is 16.7. The SMILES string of the molecule is CC(=O)Nc1cc(NC(=O)/C=C/c2cccc(Cl)c2)ccc1F. The van der Waals surface area contributed by atoms with Gasteiger partial charge in [0.15, 0.2) is 0 Å². The number of carbonyl (C=O) groups excluding carboxylic acids is 2. The number of halogens is 2. The minimum atomic E-state index is -0.576. The van der Waals surface area contributed by atoms with Crippen LogP contribution in [0.25, 0.3) is 6.08 Å². The summed E-state index contributed by atoms with van der Waals surface area (Å²) in [5.41, 5.74) is 1.16. The van der Waals surface area contributed by atoms with Gasteiger partial charge in [0.25, 0.3) is 0 Å². The molecule has 2 aromatic rings. The molecule has 0 saturated heterocycles. The normalized spacial score (nSPS) is 10.6. The van der Waals surface area contributed by atoms with Crippen LogP contribution in [-0.4, -0.2) is 11.8 Å². The number of benzene rings is 2. The first-order valence-corrected chi connectivity index (χ1v) is 7.13. The summed E-state index contributed by atoms with van der Waals surface area (Å²) in [7, 11) is 0. The molecule has 23 heavy (non-hydrogen) atoms. The number of hydrogen-bond acceptors (Lipinski definition) is 2. The predicted octanol–water partition coefficient (Wildman–Crippen LogP) is 4.09. The number of hydrogen-bond donors (Lipinski definition) is 2. The van der Waals surface area contributed by atoms with E-state index in [1.54, 1.807) is 24.3 Å². The van der Waals surface area contributed by atoms with Crippen LogP contribution < -0.4 is 10.6 Å². The van der Waals surface area contributed by atoms with Gasteiger partial charge in [0.1, 0.15) is 5.82 Å². The Morgan fingerprint density at radius 1 is 1.13 bits per heavy atom. The third kappa shape index (κ3) is 5.23. The summed E-state index contributed by atoms with van der Waals surface area (Å²) in [6.07, 6.45) is 2.95. The molecule has 2 rings (SSSR count). The van der Waals surface area contributed by atoms with Gasteiger partial charge >= 0.3 is 0 Å². The summed E-state index contributed by atoms with van der Waals surface area (Å²) in [5, 5.41) is 5.52. The number of nitrogens with one attached hydrogen (secondary N) is 2. The fourth-order valence-corrected chi connectivity index (χ4v) is 2.05. The molecule has 0 saturated carbocycles. The average Bonchev–Trinajstić information content (AvgIpc) is 2.48. The second kappa shape index (κ2) is 7.56. The molecule has 2 N–H and O–H groups in total. The third-order valence-electron chi connectivity index (χ3n) is 2.82. The smallest absolute Gasteiger partial charge is 0.248 e. The quantitative estimate of drug-likeness (QED) is 0.828. The van der Waals surface area contributed by atoms with Crippen LogP contribution in [0, 0.1) is 5.82 Å². The molecule has 0 aliphatic heterocycles. The largest absolute Gasteiger partial charge is 0.324 e. The van der Waals surface area contributed by atoms with Crippen molar-refractivity contribution in [3.8, 4) is 0 Å². The number of carbonyl (C=O) groups is 2. The van der Waals surface area contributed by atoms with Gasteiger partial charge in [-0.2, -0.15) is 0 Å². The molecule has 0 fully saturated rings. The number of anilines is 2. The molecular weight excluding hydrogens is 319 g/mol. The van der Waals surface area contributed by atoms with Gasteiger partial charge in [-0.05, 0) is 42.0 Å². The van der Waals surface area contributed by atoms with Crippen molar-refractivity contribution in [2.75, 3.05) is 10.6 Å². The van der Waals surface area contributed by atoms with Gasteiger partial charge in [-0.1, -0.05) is 23.7 Å². The lowest BCUT2D eigenvalue weighted by atomic mass is 10.2. The fourth-order valence-electron chi connectivity index (χ4n) is 1.85. The lowest BCUT2D eigenvalue weighted by Crippen LogP contribution is -2.10. The monoisotopic (exact) mass is 332 g/mol. The topological polar surface area (TPSA) is 58.2 Å². The highest BCUT2D eigenvalue weighted by Gasteiger charge is 2.06. The first-order chi connectivity index (χ1) is 10.9. The fraction of sp³-hybridized carbons (Fsp3) is 0.0588. The summed E-state index contributed by atoms with van der Waals surface area (Å²) in [6.45, 7) is 1.28. The zero-order chi connectivity index (χ0) is 16.8. The maximum Gasteiger partial charge on any atom is 0.248 e. The molecule has 0 radical (unpaired) electrons. The molecular formula is C17H14ClFN2O2. The highest BCUT2D eigenvalue weighted by molar-refractivity contribution is 6.30. The minimum Gasteiger partial charge on any atom is -0.324 e. The van der Waals surface area contributed by atoms with Gasteiger partial charge in [-0.25, -0.2) is 4.39 Å². The Kier molecular flexibility index (Phi) is 5.49. The number of amides is 2. The van der Waals surface area contributed by atoms with Crippen molar-refractivity contribution in [2.24, 2.45) is 0 Å². The van der Waals surface area contributed by atoms with E-state index < -0.39 is 11.7 Å². The van der Waals surface area contributed by atoms with Crippen molar-refractivity contribution in [1.29, 1.82) is 0 Å². The summed E-state index contributed by atoms with van der Waals surface area (Å²) in [5.74, 6) is -1.36. The predicted molar refractivity (Wildman–Crippen MR) is 89.8 cm³/mol. The van der Waals surface area contributed by atoms with E-state index in [1.807, 2.05) is 6.07 Å². The minimum absolute atomic E-state index is 0.00845. The maximum absolute atomic E-state index is 13.5. The summed E-state index contributed by atoms with van der Waals surface area (Å²) in [6, 6.07) is 11.0. The molecule has 0 unspecified atom stereocenters. The van der Waals surface area contributed by atoms with E-state index in [1.165, 1.54) is 31.2 Å². The zero-order valence-corrected chi connectivity index (χ0v) is 13.0. The van der Waals surface area contributed by atoms with Crippen molar-refractivity contribution in [3.63, 3.8) is 0 Å². The van der Waals surface area contributed by atoms with E-state index >= 15 is 0 Å². The lowest BCUT2D eigenvalue weighted by molar-refractivity contribution is -0.114. The van der Waals surface area contributed by atoms with Crippen LogP contribution in [0.15, 0.2) is 48.5 Å². The van der Waals surface area contributed by atoms with Crippen LogP contribution in [0.4, 0.5) is 15.8 Å². The van der Waals surface area contributed by atoms with Crippen LogP contribution in [-0.2, 0) is 9.59 Å². The molecule has 0 spiro atoms. The second-order valence-electron chi connectivity index (χ2n) is 4.75. The van der Waals surface area contributed by atoms with Gasteiger partial charge in [0.2, 0.25) is 11.8 Å². The summed E-state index contributed by atoms with van der Waals surface area (Å²) in [4.78, 5) is 22.9. The van der Waals surface area contributed by atoms with Crippen molar-refractivity contribution in [1.82, 2.24) is 0 Å². The second-order valence-corrected chi connectivity index (χ2v) is 5.19. The summed E-state index contributed by atoms with van der Waals surface area (Å²) >= 11 is 5.86. The van der Waals surface area contributed by atoms with Crippen LogP contribution in [0.3, 0.4) is 0 Å². The lowest BCUT2D eigenvalue weighted by Gasteiger charge is -2.07. The van der Waals surface area contributed by atoms with E-state index in [0.29, 0.717) is 10.7 Å². The van der Waals surface area contributed by atoms with Crippen molar-refractivity contribution < 1.29 is 14.0 Å². The zero-order valence-electron chi connectivity index (χ0n) is 12.3. The maximum atomic E-state index is 13.5. The average molecular weight is 333 g/mol. The molecule has 4 nitrogen and oxygen atoms in total. The Hall–Kier alpha value is -2.66. The molecule has 2 amide bonds. The van der Waals surface area contributed by atoms with Crippen LogP contribution >= 0.6 is 11.6 Å². The van der Waals surface area contributed by atoms with E-state index in [2.05, 4.69) is 10.6 Å². The molecule has 0 bridgehead atoms. The Morgan fingerprint density at radius 3 is 2.61 bits per heavy atom. The van der Waals surface area contributed by atoms with Gasteiger partial charge < -0.3 is 10.6 Å². The van der Waals surface area contributed by atoms with Gasteiger partial charge in [-0.3, -0.25) is 9.59 Å². The van der Waals surface area contributed by atoms with Gasteiger partial charge in [0.05, 0.1) is 5.69 Å². The molecule has 118 valence electrons. The van der Waals surface area contributed by atoms with Crippen molar-refractivity contribution in [3.05, 3.63) is 64.9 Å². The van der Waals surface area contributed by atoms with Crippen molar-refractivity contribution in [2.45, 2.75) is 6.92 Å². The Bertz CT molecular complexity index is 775. The first-order valence-electron chi connectivity index (χ1n) is 6.76. The van der Waals surface area contributed by atoms with Crippen molar-refractivity contribution >= 4 is 40.9 Å². The highest BCUT2D eigenvalue weighted by atomic mass is 35.5. The molecule has 0 aromatic heterocycles. The number of rotatable bonds is 4. The molecule has 0 atom stereocenters. The van der Waals surface area contributed by atoms with Gasteiger partial charge in [0, 0.05) is 23.7 Å². The standard InChI is InChI=1S/C17H14ClFN2O2/c1-11(22)20-16-10-14(6-7-15(16)19)21-17(23)8-5-12-3-2-4-13(18)9-12/h2-10H,1H3,(H,20,22)(H,21,23)/b8-5+. The van der Waals surface area contributed by atoms with Gasteiger partial charge in [-0.15, -0.1) is 0 Å². The van der Waals surface area contributed by atoms with Crippen LogP contribution in [0.2, 0.25) is 5.02 Å². The van der Waals surface area contributed by atoms with Crippen LogP contribution in [0.1, 0.15) is 12.5 Å². The molecule has 0 aliphatic rings. The summed E-state index contributed by atoms with van der Waals surface area (Å²) < 4.78 is 13.5. The molecule has 2 aromatic carbocycles. The molecule has 0 heterocycles. The third-order valence-corrected chi connectivity index (χ3v) is 3.06. The molecule has 0 aliphatic carbocycles. The van der Waals surface area contributed by atoms with E-state index in [9.17, 15) is 14.0 Å². The van der Waals surface area contributed by atoms with E-state index in [4.69, 9.17) is 11.6 Å². The van der Waals surface area contributed by atoms with E-state index in [-0.39, 0.29) is 11.6 Å².